The van der Waals surface area contributed by atoms with Crippen molar-refractivity contribution in [1.29, 1.82) is 0 Å². The van der Waals surface area contributed by atoms with Crippen LogP contribution in [0.4, 0.5) is 10.3 Å². The molecule has 1 aliphatic heterocycles. The van der Waals surface area contributed by atoms with Gasteiger partial charge < -0.3 is 15.0 Å². The largest absolute Gasteiger partial charge is 0.378 e. The van der Waals surface area contributed by atoms with Gasteiger partial charge in [-0.2, -0.15) is 0 Å². The molecular formula is C20H26FN5O2S. The zero-order valence-corrected chi connectivity index (χ0v) is 17.3. The number of carbonyl (C=O) groups is 1. The molecule has 1 aromatic carbocycles. The SMILES string of the molecule is C[C@@H](Sc1nnc(N2CCOCC2)n1-c1cccc(F)c1)C(=O)NC1CCCC1. The van der Waals surface area contributed by atoms with Gasteiger partial charge in [0.25, 0.3) is 0 Å². The molecule has 1 aromatic heterocycles. The number of nitrogens with zero attached hydrogens (tertiary/aromatic N) is 4. The van der Waals surface area contributed by atoms with E-state index in [4.69, 9.17) is 4.74 Å². The van der Waals surface area contributed by atoms with Gasteiger partial charge in [-0.3, -0.25) is 9.36 Å². The molecule has 1 saturated carbocycles. The van der Waals surface area contributed by atoms with E-state index in [1.165, 1.54) is 36.7 Å². The minimum absolute atomic E-state index is 0.00335. The molecule has 2 fully saturated rings. The van der Waals surface area contributed by atoms with Gasteiger partial charge in [0.1, 0.15) is 5.82 Å². The van der Waals surface area contributed by atoms with E-state index in [0.29, 0.717) is 43.1 Å². The molecule has 7 nitrogen and oxygen atoms in total. The highest BCUT2D eigenvalue weighted by atomic mass is 32.2. The second-order valence-electron chi connectivity index (χ2n) is 7.45. The molecule has 2 aromatic rings. The number of morpholine rings is 1. The number of aromatic nitrogens is 3. The lowest BCUT2D eigenvalue weighted by Crippen LogP contribution is -2.38. The zero-order chi connectivity index (χ0) is 20.2. The standard InChI is InChI=1S/C20H26FN5O2S/c1-14(18(27)22-16-6-2-3-7-16)29-20-24-23-19(25-9-11-28-12-10-25)26(20)17-8-4-5-15(21)13-17/h4-5,8,13-14,16H,2-3,6-7,9-12H2,1H3,(H,22,27)/t14-/m1/s1. The Balaban J connectivity index is 1.58. The van der Waals surface area contributed by atoms with E-state index in [1.807, 2.05) is 17.6 Å². The van der Waals surface area contributed by atoms with Gasteiger partial charge in [-0.15, -0.1) is 10.2 Å². The van der Waals surface area contributed by atoms with Gasteiger partial charge in [0.2, 0.25) is 11.9 Å². The molecule has 0 bridgehead atoms. The molecule has 1 saturated heterocycles. The van der Waals surface area contributed by atoms with Crippen molar-refractivity contribution in [3.63, 3.8) is 0 Å². The Morgan fingerprint density at radius 2 is 2.03 bits per heavy atom. The fraction of sp³-hybridized carbons (Fsp3) is 0.550. The predicted molar refractivity (Wildman–Crippen MR) is 110 cm³/mol. The third-order valence-electron chi connectivity index (χ3n) is 5.33. The highest BCUT2D eigenvalue weighted by Crippen LogP contribution is 2.30. The van der Waals surface area contributed by atoms with Crippen LogP contribution in [0.1, 0.15) is 32.6 Å². The number of halogens is 1. The average molecular weight is 420 g/mol. The van der Waals surface area contributed by atoms with Crippen molar-refractivity contribution in [2.24, 2.45) is 0 Å². The van der Waals surface area contributed by atoms with Crippen LogP contribution in [-0.2, 0) is 9.53 Å². The second kappa shape index (κ2) is 9.13. The number of ether oxygens (including phenoxy) is 1. The number of benzene rings is 1. The Kier molecular flexibility index (Phi) is 6.34. The summed E-state index contributed by atoms with van der Waals surface area (Å²) in [6, 6.07) is 6.63. The Hall–Kier alpha value is -2.13. The molecule has 0 spiro atoms. The van der Waals surface area contributed by atoms with Crippen molar-refractivity contribution >= 4 is 23.6 Å². The summed E-state index contributed by atoms with van der Waals surface area (Å²) in [5, 5.41) is 12.1. The summed E-state index contributed by atoms with van der Waals surface area (Å²) >= 11 is 1.34. The lowest BCUT2D eigenvalue weighted by molar-refractivity contribution is -0.120. The quantitative estimate of drug-likeness (QED) is 0.726. The minimum Gasteiger partial charge on any atom is -0.378 e. The van der Waals surface area contributed by atoms with Crippen LogP contribution in [-0.4, -0.2) is 58.3 Å². The Morgan fingerprint density at radius 3 is 2.76 bits per heavy atom. The van der Waals surface area contributed by atoms with Gasteiger partial charge in [0.05, 0.1) is 24.2 Å². The Morgan fingerprint density at radius 1 is 1.28 bits per heavy atom. The van der Waals surface area contributed by atoms with E-state index in [0.717, 1.165) is 12.8 Å². The number of carbonyl (C=O) groups excluding carboxylic acids is 1. The summed E-state index contributed by atoms with van der Waals surface area (Å²) in [5.41, 5.74) is 0.641. The summed E-state index contributed by atoms with van der Waals surface area (Å²) < 4.78 is 21.2. The number of rotatable bonds is 6. The van der Waals surface area contributed by atoms with Crippen molar-refractivity contribution in [2.45, 2.75) is 49.1 Å². The number of amides is 1. The first kappa shape index (κ1) is 20.2. The molecule has 2 aliphatic rings. The van der Waals surface area contributed by atoms with E-state index >= 15 is 0 Å². The number of anilines is 1. The molecular weight excluding hydrogens is 393 g/mol. The molecule has 0 radical (unpaired) electrons. The van der Waals surface area contributed by atoms with Crippen LogP contribution < -0.4 is 10.2 Å². The van der Waals surface area contributed by atoms with E-state index in [2.05, 4.69) is 20.4 Å². The maximum atomic E-state index is 13.9. The maximum absolute atomic E-state index is 13.9. The van der Waals surface area contributed by atoms with E-state index in [9.17, 15) is 9.18 Å². The normalized spacial score (nSPS) is 18.8. The van der Waals surface area contributed by atoms with Gasteiger partial charge in [0.15, 0.2) is 5.16 Å². The lowest BCUT2D eigenvalue weighted by Gasteiger charge is -2.28. The first-order valence-electron chi connectivity index (χ1n) is 10.1. The van der Waals surface area contributed by atoms with Crippen LogP contribution >= 0.6 is 11.8 Å². The smallest absolute Gasteiger partial charge is 0.233 e. The monoisotopic (exact) mass is 419 g/mol. The number of nitrogens with one attached hydrogen (secondary N) is 1. The first-order valence-corrected chi connectivity index (χ1v) is 11.0. The highest BCUT2D eigenvalue weighted by Gasteiger charge is 2.26. The third kappa shape index (κ3) is 4.72. The Labute approximate surface area is 174 Å². The number of thioether (sulfide) groups is 1. The van der Waals surface area contributed by atoms with Gasteiger partial charge in [-0.1, -0.05) is 30.7 Å². The fourth-order valence-corrected chi connectivity index (χ4v) is 4.62. The molecule has 2 heterocycles. The van der Waals surface area contributed by atoms with Gasteiger partial charge in [0, 0.05) is 19.1 Å². The van der Waals surface area contributed by atoms with Crippen molar-refractivity contribution in [1.82, 2.24) is 20.1 Å². The maximum Gasteiger partial charge on any atom is 0.233 e. The van der Waals surface area contributed by atoms with Crippen LogP contribution in [0.5, 0.6) is 0 Å². The molecule has 9 heteroatoms. The lowest BCUT2D eigenvalue weighted by atomic mass is 10.2. The van der Waals surface area contributed by atoms with Crippen LogP contribution in [0.2, 0.25) is 0 Å². The third-order valence-corrected chi connectivity index (χ3v) is 6.37. The van der Waals surface area contributed by atoms with Gasteiger partial charge in [-0.05, 0) is 38.0 Å². The summed E-state index contributed by atoms with van der Waals surface area (Å²) in [5.74, 6) is 0.320. The van der Waals surface area contributed by atoms with E-state index < -0.39 is 0 Å². The van der Waals surface area contributed by atoms with Crippen LogP contribution in [0.15, 0.2) is 29.4 Å². The molecule has 1 aliphatic carbocycles. The zero-order valence-electron chi connectivity index (χ0n) is 16.5. The van der Waals surface area contributed by atoms with Gasteiger partial charge in [-0.25, -0.2) is 4.39 Å². The van der Waals surface area contributed by atoms with E-state index in [-0.39, 0.29) is 23.0 Å². The second-order valence-corrected chi connectivity index (χ2v) is 8.76. The predicted octanol–water partition coefficient (Wildman–Crippen LogP) is 2.78. The van der Waals surface area contributed by atoms with Crippen LogP contribution in [0.3, 0.4) is 0 Å². The first-order chi connectivity index (χ1) is 14.1. The van der Waals surface area contributed by atoms with Crippen LogP contribution in [0.25, 0.3) is 5.69 Å². The summed E-state index contributed by atoms with van der Waals surface area (Å²) in [7, 11) is 0. The van der Waals surface area contributed by atoms with Crippen molar-refractivity contribution in [3.05, 3.63) is 30.1 Å². The minimum atomic E-state index is -0.329. The molecule has 1 N–H and O–H groups in total. The topological polar surface area (TPSA) is 72.3 Å². The molecule has 1 atom stereocenters. The molecule has 29 heavy (non-hydrogen) atoms. The number of hydrogen-bond acceptors (Lipinski definition) is 6. The van der Waals surface area contributed by atoms with Crippen molar-refractivity contribution < 1.29 is 13.9 Å². The molecule has 1 amide bonds. The van der Waals surface area contributed by atoms with Crippen molar-refractivity contribution in [2.75, 3.05) is 31.2 Å². The fourth-order valence-electron chi connectivity index (χ4n) is 3.75. The molecule has 4 rings (SSSR count). The molecule has 0 unspecified atom stereocenters. The van der Waals surface area contributed by atoms with E-state index in [1.54, 1.807) is 6.07 Å². The molecule has 156 valence electrons. The van der Waals surface area contributed by atoms with Crippen molar-refractivity contribution in [3.8, 4) is 5.69 Å². The highest BCUT2D eigenvalue weighted by molar-refractivity contribution is 8.00. The van der Waals surface area contributed by atoms with Crippen LogP contribution in [0, 0.1) is 5.82 Å². The van der Waals surface area contributed by atoms with Gasteiger partial charge >= 0.3 is 0 Å². The summed E-state index contributed by atoms with van der Waals surface area (Å²) in [6.07, 6.45) is 4.43. The average Bonchev–Trinajstić information content (AvgIpc) is 3.38. The summed E-state index contributed by atoms with van der Waals surface area (Å²) in [4.78, 5) is 14.7. The summed E-state index contributed by atoms with van der Waals surface area (Å²) in [6.45, 7) is 4.47. The number of hydrogen-bond donors (Lipinski definition) is 1. The Bertz CT molecular complexity index is 849.